The predicted octanol–water partition coefficient (Wildman–Crippen LogP) is 0.0226. The Morgan fingerprint density at radius 2 is 2.46 bits per heavy atom. The van der Waals surface area contributed by atoms with Crippen LogP contribution in [0.1, 0.15) is 12.8 Å². The average molecular weight is 185 g/mol. The van der Waals surface area contributed by atoms with Crippen LogP contribution in [-0.4, -0.2) is 49.8 Å². The first-order valence-electron chi connectivity index (χ1n) is 4.74. The Bertz CT molecular complexity index is 207. The van der Waals surface area contributed by atoms with Crippen molar-refractivity contribution in [1.29, 1.82) is 0 Å². The number of morpholine rings is 1. The molecule has 0 N–H and O–H groups in total. The number of methoxy groups -OCH3 is 1. The first kappa shape index (κ1) is 8.97. The van der Waals surface area contributed by atoms with Crippen molar-refractivity contribution in [2.75, 3.05) is 26.8 Å². The van der Waals surface area contributed by atoms with E-state index in [-0.39, 0.29) is 12.1 Å². The molecule has 0 radical (unpaired) electrons. The molecule has 2 heterocycles. The molecule has 2 saturated heterocycles. The summed E-state index contributed by atoms with van der Waals surface area (Å²) < 4.78 is 10.1. The Kier molecular flexibility index (Phi) is 2.51. The minimum atomic E-state index is -0.362. The van der Waals surface area contributed by atoms with E-state index in [1.165, 1.54) is 20.0 Å². The molecule has 4 nitrogen and oxygen atoms in total. The molecule has 0 saturated carbocycles. The van der Waals surface area contributed by atoms with E-state index in [1.54, 1.807) is 0 Å². The van der Waals surface area contributed by atoms with Gasteiger partial charge in [-0.05, 0) is 19.4 Å². The lowest BCUT2D eigenvalue weighted by atomic mass is 10.2. The van der Waals surface area contributed by atoms with E-state index >= 15 is 0 Å². The quantitative estimate of drug-likeness (QED) is 0.540. The third-order valence-electron chi connectivity index (χ3n) is 2.85. The van der Waals surface area contributed by atoms with Crippen LogP contribution < -0.4 is 0 Å². The lowest BCUT2D eigenvalue weighted by Crippen LogP contribution is -2.49. The van der Waals surface area contributed by atoms with Gasteiger partial charge in [-0.1, -0.05) is 0 Å². The number of nitrogens with zero attached hydrogens (tertiary/aromatic N) is 1. The molecule has 0 aliphatic carbocycles. The van der Waals surface area contributed by atoms with Gasteiger partial charge < -0.3 is 9.47 Å². The van der Waals surface area contributed by atoms with E-state index in [2.05, 4.69) is 9.64 Å². The highest BCUT2D eigenvalue weighted by molar-refractivity contribution is 5.74. The Labute approximate surface area is 77.8 Å². The fourth-order valence-corrected chi connectivity index (χ4v) is 2.09. The summed E-state index contributed by atoms with van der Waals surface area (Å²) in [5.74, 6) is -0.245. The molecule has 13 heavy (non-hydrogen) atoms. The predicted molar refractivity (Wildman–Crippen MR) is 46.4 cm³/mol. The van der Waals surface area contributed by atoms with Gasteiger partial charge in [0.25, 0.3) is 0 Å². The van der Waals surface area contributed by atoms with Gasteiger partial charge in [-0.25, -0.2) is 4.79 Å². The molecular formula is C9H15NO3. The Balaban J connectivity index is 1.93. The molecule has 0 unspecified atom stereocenters. The normalized spacial score (nSPS) is 34.2. The highest BCUT2D eigenvalue weighted by Gasteiger charge is 2.35. The fourth-order valence-electron chi connectivity index (χ4n) is 2.09. The van der Waals surface area contributed by atoms with Crippen LogP contribution >= 0.6 is 0 Å². The number of rotatable bonds is 1. The summed E-state index contributed by atoms with van der Waals surface area (Å²) in [4.78, 5) is 13.5. The lowest BCUT2D eigenvalue weighted by molar-refractivity contribution is -0.161. The van der Waals surface area contributed by atoms with Crippen LogP contribution in [0.25, 0.3) is 0 Å². The highest BCUT2D eigenvalue weighted by atomic mass is 16.6. The largest absolute Gasteiger partial charge is 0.467 e. The zero-order valence-corrected chi connectivity index (χ0v) is 7.86. The smallest absolute Gasteiger partial charge is 0.336 e. The molecule has 4 heteroatoms. The van der Waals surface area contributed by atoms with Crippen LogP contribution in [0.4, 0.5) is 0 Å². The molecule has 0 aromatic rings. The average Bonchev–Trinajstić information content (AvgIpc) is 2.63. The van der Waals surface area contributed by atoms with Crippen molar-refractivity contribution in [2.24, 2.45) is 0 Å². The SMILES string of the molecule is COC(=O)[C@@H]1CN2CCC[C@@H]2CO1. The second-order valence-electron chi connectivity index (χ2n) is 3.64. The Hall–Kier alpha value is -0.610. The number of esters is 1. The Morgan fingerprint density at radius 3 is 3.23 bits per heavy atom. The van der Waals surface area contributed by atoms with E-state index in [1.807, 2.05) is 0 Å². The molecule has 2 rings (SSSR count). The van der Waals surface area contributed by atoms with Crippen LogP contribution in [0.15, 0.2) is 0 Å². The molecule has 2 aliphatic heterocycles. The maximum Gasteiger partial charge on any atom is 0.336 e. The van der Waals surface area contributed by atoms with Crippen LogP contribution in [-0.2, 0) is 14.3 Å². The van der Waals surface area contributed by atoms with E-state index in [9.17, 15) is 4.79 Å². The molecule has 0 aromatic heterocycles. The van der Waals surface area contributed by atoms with E-state index in [4.69, 9.17) is 4.74 Å². The summed E-state index contributed by atoms with van der Waals surface area (Å²) in [6.07, 6.45) is 2.06. The molecular weight excluding hydrogens is 170 g/mol. The zero-order chi connectivity index (χ0) is 9.26. The summed E-state index contributed by atoms with van der Waals surface area (Å²) in [6.45, 7) is 2.48. The summed E-state index contributed by atoms with van der Waals surface area (Å²) in [5, 5.41) is 0. The van der Waals surface area contributed by atoms with Gasteiger partial charge in [0, 0.05) is 12.6 Å². The third-order valence-corrected chi connectivity index (χ3v) is 2.85. The van der Waals surface area contributed by atoms with Crippen molar-refractivity contribution in [2.45, 2.75) is 25.0 Å². The molecule has 2 atom stereocenters. The van der Waals surface area contributed by atoms with E-state index in [0.717, 1.165) is 6.54 Å². The number of fused-ring (bicyclic) bond motifs is 1. The van der Waals surface area contributed by atoms with Crippen LogP contribution in [0.2, 0.25) is 0 Å². The zero-order valence-electron chi connectivity index (χ0n) is 7.86. The van der Waals surface area contributed by atoms with Crippen LogP contribution in [0.3, 0.4) is 0 Å². The van der Waals surface area contributed by atoms with Gasteiger partial charge in [0.15, 0.2) is 6.10 Å². The van der Waals surface area contributed by atoms with Gasteiger partial charge in [0.05, 0.1) is 13.7 Å². The summed E-state index contributed by atoms with van der Waals surface area (Å²) >= 11 is 0. The number of hydrogen-bond acceptors (Lipinski definition) is 4. The molecule has 0 aromatic carbocycles. The van der Waals surface area contributed by atoms with Crippen molar-refractivity contribution in [3.05, 3.63) is 0 Å². The van der Waals surface area contributed by atoms with Gasteiger partial charge >= 0.3 is 5.97 Å². The van der Waals surface area contributed by atoms with Crippen LogP contribution in [0, 0.1) is 0 Å². The van der Waals surface area contributed by atoms with Gasteiger partial charge in [-0.15, -0.1) is 0 Å². The number of carbonyl (C=O) groups is 1. The number of carbonyl (C=O) groups excluding carboxylic acids is 1. The molecule has 0 bridgehead atoms. The van der Waals surface area contributed by atoms with Crippen molar-refractivity contribution >= 4 is 5.97 Å². The minimum absolute atomic E-state index is 0.245. The molecule has 0 spiro atoms. The monoisotopic (exact) mass is 185 g/mol. The molecule has 2 fully saturated rings. The second-order valence-corrected chi connectivity index (χ2v) is 3.64. The van der Waals surface area contributed by atoms with Gasteiger partial charge in [-0.2, -0.15) is 0 Å². The van der Waals surface area contributed by atoms with Gasteiger partial charge in [0.2, 0.25) is 0 Å². The minimum Gasteiger partial charge on any atom is -0.467 e. The number of hydrogen-bond donors (Lipinski definition) is 0. The first-order valence-corrected chi connectivity index (χ1v) is 4.74. The Morgan fingerprint density at radius 1 is 1.62 bits per heavy atom. The number of ether oxygens (including phenoxy) is 2. The summed E-state index contributed by atoms with van der Waals surface area (Å²) in [7, 11) is 1.40. The van der Waals surface area contributed by atoms with Crippen LogP contribution in [0.5, 0.6) is 0 Å². The topological polar surface area (TPSA) is 38.8 Å². The van der Waals surface area contributed by atoms with Gasteiger partial charge in [-0.3, -0.25) is 4.90 Å². The van der Waals surface area contributed by atoms with E-state index in [0.29, 0.717) is 19.2 Å². The van der Waals surface area contributed by atoms with Gasteiger partial charge in [0.1, 0.15) is 0 Å². The van der Waals surface area contributed by atoms with Crippen molar-refractivity contribution < 1.29 is 14.3 Å². The first-order chi connectivity index (χ1) is 6.31. The summed E-state index contributed by atoms with van der Waals surface area (Å²) in [6, 6.07) is 0.543. The maximum atomic E-state index is 11.2. The van der Waals surface area contributed by atoms with E-state index < -0.39 is 0 Å². The van der Waals surface area contributed by atoms with Crippen molar-refractivity contribution in [3.63, 3.8) is 0 Å². The van der Waals surface area contributed by atoms with Crippen molar-refractivity contribution in [3.8, 4) is 0 Å². The van der Waals surface area contributed by atoms with Crippen molar-refractivity contribution in [1.82, 2.24) is 4.90 Å². The second kappa shape index (κ2) is 3.64. The molecule has 0 amide bonds. The standard InChI is InChI=1S/C9H15NO3/c1-12-9(11)8-5-10-4-2-3-7(10)6-13-8/h7-8H,2-6H2,1H3/t7-,8+/m1/s1. The maximum absolute atomic E-state index is 11.2. The fraction of sp³-hybridized carbons (Fsp3) is 0.889. The lowest BCUT2D eigenvalue weighted by Gasteiger charge is -2.33. The molecule has 2 aliphatic rings. The summed E-state index contributed by atoms with van der Waals surface area (Å²) in [5.41, 5.74) is 0. The third kappa shape index (κ3) is 1.69. The molecule has 74 valence electrons. The highest BCUT2D eigenvalue weighted by Crippen LogP contribution is 2.22.